The van der Waals surface area contributed by atoms with E-state index in [0.29, 0.717) is 43.4 Å². The van der Waals surface area contributed by atoms with E-state index in [9.17, 15) is 19.2 Å². The number of aromatic nitrogens is 2. The minimum absolute atomic E-state index is 0.137. The lowest BCUT2D eigenvalue weighted by molar-refractivity contribution is -0.128. The quantitative estimate of drug-likeness (QED) is 0.346. The fraction of sp³-hybridized carbons (Fsp3) is 0.486. The van der Waals surface area contributed by atoms with Crippen LogP contribution in [0, 0.1) is 11.3 Å². The molecule has 2 aromatic carbocycles. The molecule has 1 spiro atoms. The Morgan fingerprint density at radius 3 is 2.67 bits per heavy atom. The van der Waals surface area contributed by atoms with Gasteiger partial charge in [-0.2, -0.15) is 10.2 Å². The van der Waals surface area contributed by atoms with Gasteiger partial charge >= 0.3 is 5.69 Å². The maximum absolute atomic E-state index is 14.2. The second-order valence-corrected chi connectivity index (χ2v) is 13.4. The average Bonchev–Trinajstić information content (AvgIpc) is 3.73. The molecule has 3 fully saturated rings. The summed E-state index contributed by atoms with van der Waals surface area (Å²) in [5, 5.41) is 12.4. The van der Waals surface area contributed by atoms with Crippen LogP contribution in [0.1, 0.15) is 43.4 Å². The minimum atomic E-state index is -0.721. The Morgan fingerprint density at radius 1 is 1.15 bits per heavy atom. The van der Waals surface area contributed by atoms with Gasteiger partial charge in [0.25, 0.3) is 0 Å². The molecule has 0 radical (unpaired) electrons. The largest absolute Gasteiger partial charge is 0.359 e. The van der Waals surface area contributed by atoms with Gasteiger partial charge in [0.1, 0.15) is 12.5 Å². The molecule has 4 heterocycles. The standard InChI is InChI=1S/C35H39ClFN7O2/c1-40-18-5-8-25(40)23-43-32-27(13-19-44(35(32)14-15-35)29-10-3-7-24-6-2-9-28(36)31(24)29)33(39-34(43)46)41-20-21-42(26(22-41)12-17-38)30(45)11-4-16-37/h2-4,6-7,9-11,25-26H,5,8,12-16,18-23H2,1H3/b11-4+/t25-,26-/m0/s1. The Morgan fingerprint density at radius 2 is 1.96 bits per heavy atom. The fourth-order valence-electron chi connectivity index (χ4n) is 8.10. The van der Waals surface area contributed by atoms with Crippen LogP contribution in [-0.2, 0) is 23.3 Å². The number of likely N-dealkylation sites (tertiary alicyclic amines) is 1. The third-order valence-electron chi connectivity index (χ3n) is 10.5. The number of alkyl halides is 1. The lowest BCUT2D eigenvalue weighted by Gasteiger charge is -2.45. The van der Waals surface area contributed by atoms with Crippen LogP contribution in [0.15, 0.2) is 53.3 Å². The van der Waals surface area contributed by atoms with Crippen LogP contribution in [-0.4, -0.2) is 83.8 Å². The van der Waals surface area contributed by atoms with Crippen LogP contribution in [0.2, 0.25) is 5.02 Å². The number of allylic oxidation sites excluding steroid dienone is 1. The highest BCUT2D eigenvalue weighted by Crippen LogP contribution is 2.57. The molecule has 11 heteroatoms. The summed E-state index contributed by atoms with van der Waals surface area (Å²) < 4.78 is 14.7. The molecule has 1 aliphatic carbocycles. The van der Waals surface area contributed by atoms with Crippen molar-refractivity contribution in [2.24, 2.45) is 0 Å². The van der Waals surface area contributed by atoms with Gasteiger partial charge in [0, 0.05) is 61.5 Å². The molecule has 1 aromatic heterocycles. The van der Waals surface area contributed by atoms with Crippen molar-refractivity contribution in [1.29, 1.82) is 5.26 Å². The van der Waals surface area contributed by atoms with Gasteiger partial charge < -0.3 is 19.6 Å². The van der Waals surface area contributed by atoms with E-state index in [1.807, 2.05) is 16.7 Å². The molecular formula is C35H39ClFN7O2. The van der Waals surface area contributed by atoms with E-state index in [0.717, 1.165) is 66.5 Å². The van der Waals surface area contributed by atoms with Crippen molar-refractivity contribution in [3.8, 4) is 6.07 Å². The molecule has 2 saturated heterocycles. The molecule has 0 bridgehead atoms. The van der Waals surface area contributed by atoms with Crippen LogP contribution < -0.4 is 15.5 Å². The van der Waals surface area contributed by atoms with Gasteiger partial charge in [0.05, 0.1) is 34.8 Å². The molecule has 240 valence electrons. The Kier molecular flexibility index (Phi) is 8.24. The van der Waals surface area contributed by atoms with E-state index < -0.39 is 12.7 Å². The Balaban J connectivity index is 1.33. The number of piperazine rings is 1. The highest BCUT2D eigenvalue weighted by Gasteiger charge is 2.56. The van der Waals surface area contributed by atoms with E-state index in [1.54, 1.807) is 4.90 Å². The molecule has 4 aliphatic rings. The van der Waals surface area contributed by atoms with Gasteiger partial charge in [-0.3, -0.25) is 9.36 Å². The highest BCUT2D eigenvalue weighted by atomic mass is 35.5. The SMILES string of the molecule is CN1CCC[C@H]1Cn1c2c(c(N3CCN(C(=O)/C=C/CF)[C@@H](CC#N)C3)nc1=O)CCN(c1cccc3cccc(Cl)c13)C21CC1. The normalized spacial score (nSPS) is 22.5. The third-order valence-corrected chi connectivity index (χ3v) is 10.8. The van der Waals surface area contributed by atoms with Crippen molar-refractivity contribution in [3.63, 3.8) is 0 Å². The van der Waals surface area contributed by atoms with Crippen LogP contribution in [0.25, 0.3) is 10.8 Å². The molecule has 46 heavy (non-hydrogen) atoms. The van der Waals surface area contributed by atoms with E-state index in [-0.39, 0.29) is 29.6 Å². The number of nitriles is 1. The lowest BCUT2D eigenvalue weighted by atomic mass is 9.92. The number of carbonyl (C=O) groups is 1. The maximum atomic E-state index is 14.2. The lowest BCUT2D eigenvalue weighted by Crippen LogP contribution is -2.56. The molecule has 3 aromatic rings. The van der Waals surface area contributed by atoms with Gasteiger partial charge in [-0.05, 0) is 69.3 Å². The first-order valence-electron chi connectivity index (χ1n) is 16.3. The number of benzene rings is 2. The van der Waals surface area contributed by atoms with Crippen molar-refractivity contribution in [2.75, 3.05) is 56.2 Å². The zero-order valence-electron chi connectivity index (χ0n) is 26.2. The zero-order chi connectivity index (χ0) is 32.0. The van der Waals surface area contributed by atoms with Crippen LogP contribution in [0.3, 0.4) is 0 Å². The first kappa shape index (κ1) is 30.7. The average molecular weight is 644 g/mol. The summed E-state index contributed by atoms with van der Waals surface area (Å²) in [6.07, 6.45) is 7.26. The van der Waals surface area contributed by atoms with Gasteiger partial charge in [0.15, 0.2) is 0 Å². The third kappa shape index (κ3) is 5.23. The number of halogens is 2. The molecule has 0 N–H and O–H groups in total. The maximum Gasteiger partial charge on any atom is 0.349 e. The second kappa shape index (κ2) is 12.3. The first-order chi connectivity index (χ1) is 22.4. The molecule has 2 atom stereocenters. The van der Waals surface area contributed by atoms with E-state index in [4.69, 9.17) is 16.6 Å². The zero-order valence-corrected chi connectivity index (χ0v) is 26.9. The van der Waals surface area contributed by atoms with Crippen molar-refractivity contribution in [1.82, 2.24) is 19.4 Å². The number of nitrogens with zero attached hydrogens (tertiary/aromatic N) is 7. The molecule has 3 aliphatic heterocycles. The van der Waals surface area contributed by atoms with Gasteiger partial charge in [-0.15, -0.1) is 0 Å². The number of likely N-dealkylation sites (N-methyl/N-ethyl adjacent to an activating group) is 1. The molecule has 1 amide bonds. The molecule has 0 unspecified atom stereocenters. The van der Waals surface area contributed by atoms with Gasteiger partial charge in [-0.1, -0.05) is 35.9 Å². The molecular weight excluding hydrogens is 605 g/mol. The van der Waals surface area contributed by atoms with Crippen LogP contribution in [0.4, 0.5) is 15.9 Å². The number of amides is 1. The van der Waals surface area contributed by atoms with Crippen molar-refractivity contribution in [3.05, 3.63) is 75.3 Å². The molecule has 1 saturated carbocycles. The topological polar surface area (TPSA) is 88.7 Å². The van der Waals surface area contributed by atoms with Crippen molar-refractivity contribution in [2.45, 2.75) is 62.7 Å². The number of rotatable bonds is 7. The Labute approximate surface area is 273 Å². The summed E-state index contributed by atoms with van der Waals surface area (Å²) in [5.74, 6) is 0.372. The summed E-state index contributed by atoms with van der Waals surface area (Å²) in [4.78, 5) is 40.4. The Bertz CT molecular complexity index is 1790. The fourth-order valence-corrected chi connectivity index (χ4v) is 8.38. The summed E-state index contributed by atoms with van der Waals surface area (Å²) in [5.41, 5.74) is 2.63. The summed E-state index contributed by atoms with van der Waals surface area (Å²) in [6, 6.07) is 14.4. The second-order valence-electron chi connectivity index (χ2n) is 13.0. The number of hydrogen-bond acceptors (Lipinski definition) is 7. The van der Waals surface area contributed by atoms with Crippen LogP contribution in [0.5, 0.6) is 0 Å². The summed E-state index contributed by atoms with van der Waals surface area (Å²) in [7, 11) is 2.13. The van der Waals surface area contributed by atoms with Gasteiger partial charge in [-0.25, -0.2) is 9.18 Å². The number of carbonyl (C=O) groups excluding carboxylic acids is 1. The van der Waals surface area contributed by atoms with Crippen molar-refractivity contribution >= 4 is 39.8 Å². The summed E-state index contributed by atoms with van der Waals surface area (Å²) in [6.45, 7) is 2.86. The molecule has 7 rings (SSSR count). The van der Waals surface area contributed by atoms with E-state index >= 15 is 0 Å². The number of anilines is 2. The number of hydrogen-bond donors (Lipinski definition) is 0. The highest BCUT2D eigenvalue weighted by molar-refractivity contribution is 6.36. The first-order valence-corrected chi connectivity index (χ1v) is 16.7. The molecule has 9 nitrogen and oxygen atoms in total. The minimum Gasteiger partial charge on any atom is -0.359 e. The smallest absolute Gasteiger partial charge is 0.349 e. The van der Waals surface area contributed by atoms with Gasteiger partial charge in [0.2, 0.25) is 5.91 Å². The predicted octanol–water partition coefficient (Wildman–Crippen LogP) is 4.65. The summed E-state index contributed by atoms with van der Waals surface area (Å²) >= 11 is 6.83. The monoisotopic (exact) mass is 643 g/mol. The van der Waals surface area contributed by atoms with E-state index in [1.165, 1.54) is 12.2 Å². The Hall–Kier alpha value is -3.94. The predicted molar refractivity (Wildman–Crippen MR) is 178 cm³/mol. The van der Waals surface area contributed by atoms with Crippen LogP contribution >= 0.6 is 11.6 Å². The number of fused-ring (bicyclic) bond motifs is 3. The van der Waals surface area contributed by atoms with Crippen molar-refractivity contribution < 1.29 is 9.18 Å². The van der Waals surface area contributed by atoms with E-state index in [2.05, 4.69) is 52.1 Å².